The van der Waals surface area contributed by atoms with Crippen LogP contribution in [-0.4, -0.2) is 29.0 Å². The fourth-order valence-electron chi connectivity index (χ4n) is 3.76. The number of hydrogen-bond donors (Lipinski definition) is 2. The van der Waals surface area contributed by atoms with E-state index in [-0.39, 0.29) is 5.91 Å². The van der Waals surface area contributed by atoms with Crippen LogP contribution in [0.25, 0.3) is 0 Å². The number of nitrogens with zero attached hydrogens (tertiary/aromatic N) is 2. The fourth-order valence-corrected chi connectivity index (χ4v) is 4.79. The van der Waals surface area contributed by atoms with Crippen molar-refractivity contribution in [1.29, 1.82) is 0 Å². The third-order valence-corrected chi connectivity index (χ3v) is 6.27. The molecule has 1 aliphatic carbocycles. The number of thiophene rings is 1. The predicted octanol–water partition coefficient (Wildman–Crippen LogP) is 2.73. The number of aryl methyl sites for hydroxylation is 2. The highest BCUT2D eigenvalue weighted by Gasteiger charge is 2.20. The molecule has 1 unspecified atom stereocenters. The number of rotatable bonds is 5. The molecule has 2 aliphatic rings. The van der Waals surface area contributed by atoms with Crippen LogP contribution in [0, 0.1) is 6.92 Å². The van der Waals surface area contributed by atoms with E-state index in [1.54, 1.807) is 11.3 Å². The molecule has 5 nitrogen and oxygen atoms in total. The maximum absolute atomic E-state index is 12.4. The van der Waals surface area contributed by atoms with Crippen LogP contribution in [0.3, 0.4) is 0 Å². The Balaban J connectivity index is 1.32. The molecule has 2 N–H and O–H groups in total. The summed E-state index contributed by atoms with van der Waals surface area (Å²) in [4.78, 5) is 23.7. The Hall–Kier alpha value is -1.79. The maximum Gasteiger partial charge on any atom is 0.261 e. The Morgan fingerprint density at radius 1 is 1.32 bits per heavy atom. The zero-order valence-corrected chi connectivity index (χ0v) is 15.4. The Bertz CT molecular complexity index is 780. The molecule has 25 heavy (non-hydrogen) atoms. The van der Waals surface area contributed by atoms with Crippen molar-refractivity contribution in [2.75, 3.05) is 13.1 Å². The Morgan fingerprint density at radius 3 is 3.08 bits per heavy atom. The van der Waals surface area contributed by atoms with E-state index in [4.69, 9.17) is 0 Å². The lowest BCUT2D eigenvalue weighted by Crippen LogP contribution is -2.25. The summed E-state index contributed by atoms with van der Waals surface area (Å²) in [5.74, 6) is 0.854. The zero-order chi connectivity index (χ0) is 17.2. The van der Waals surface area contributed by atoms with Gasteiger partial charge in [0.05, 0.1) is 4.88 Å². The van der Waals surface area contributed by atoms with Gasteiger partial charge in [-0.3, -0.25) is 4.79 Å². The molecule has 2 aromatic rings. The van der Waals surface area contributed by atoms with Crippen molar-refractivity contribution in [3.8, 4) is 0 Å². The van der Waals surface area contributed by atoms with Gasteiger partial charge in [0.2, 0.25) is 0 Å². The first-order chi connectivity index (χ1) is 12.2. The highest BCUT2D eigenvalue weighted by atomic mass is 32.1. The molecule has 0 bridgehead atoms. The quantitative estimate of drug-likeness (QED) is 0.864. The van der Waals surface area contributed by atoms with Crippen molar-refractivity contribution in [1.82, 2.24) is 20.6 Å². The molecule has 132 valence electrons. The number of fused-ring (bicyclic) bond motifs is 1. The van der Waals surface area contributed by atoms with Gasteiger partial charge in [-0.25, -0.2) is 9.97 Å². The molecule has 0 aromatic carbocycles. The normalized spacial score (nSPS) is 19.2. The monoisotopic (exact) mass is 356 g/mol. The van der Waals surface area contributed by atoms with Crippen LogP contribution in [0.15, 0.2) is 12.1 Å². The molecule has 1 aliphatic heterocycles. The zero-order valence-electron chi connectivity index (χ0n) is 14.6. The molecule has 6 heteroatoms. The highest BCUT2D eigenvalue weighted by Crippen LogP contribution is 2.29. The fraction of sp³-hybridized carbons (Fsp3) is 0.526. The Morgan fingerprint density at radius 2 is 2.24 bits per heavy atom. The molecule has 4 rings (SSSR count). The summed E-state index contributed by atoms with van der Waals surface area (Å²) in [6.07, 6.45) is 6.41. The van der Waals surface area contributed by atoms with Crippen LogP contribution < -0.4 is 10.6 Å². The molecule has 1 amide bonds. The number of nitrogens with one attached hydrogen (secondary N) is 2. The average molecular weight is 356 g/mol. The van der Waals surface area contributed by atoms with Gasteiger partial charge in [0, 0.05) is 35.3 Å². The first-order valence-electron chi connectivity index (χ1n) is 9.17. The second-order valence-electron chi connectivity index (χ2n) is 6.86. The minimum atomic E-state index is 0.00660. The van der Waals surface area contributed by atoms with Gasteiger partial charge in [-0.05, 0) is 63.3 Å². The van der Waals surface area contributed by atoms with E-state index < -0.39 is 0 Å². The second kappa shape index (κ2) is 7.22. The minimum Gasteiger partial charge on any atom is -0.351 e. The average Bonchev–Trinajstić information content (AvgIpc) is 3.34. The third kappa shape index (κ3) is 3.60. The lowest BCUT2D eigenvalue weighted by molar-refractivity contribution is 0.0958. The minimum absolute atomic E-state index is 0.00660. The number of carbonyl (C=O) groups is 1. The van der Waals surface area contributed by atoms with E-state index >= 15 is 0 Å². The molecule has 1 fully saturated rings. The van der Waals surface area contributed by atoms with Crippen molar-refractivity contribution in [3.63, 3.8) is 0 Å². The summed E-state index contributed by atoms with van der Waals surface area (Å²) >= 11 is 1.60. The molecular formula is C19H24N4OS. The van der Waals surface area contributed by atoms with Gasteiger partial charge in [0.25, 0.3) is 5.91 Å². The predicted molar refractivity (Wildman–Crippen MR) is 99.1 cm³/mol. The lowest BCUT2D eigenvalue weighted by atomic mass is 10.2. The number of amides is 1. The summed E-state index contributed by atoms with van der Waals surface area (Å²) in [5.41, 5.74) is 3.65. The van der Waals surface area contributed by atoms with Crippen LogP contribution in [0.5, 0.6) is 0 Å². The number of hydrogen-bond acceptors (Lipinski definition) is 5. The summed E-state index contributed by atoms with van der Waals surface area (Å²) in [6.45, 7) is 3.72. The van der Waals surface area contributed by atoms with Crippen molar-refractivity contribution >= 4 is 17.2 Å². The molecular weight excluding hydrogens is 332 g/mol. The molecule has 0 radical (unpaired) electrons. The summed E-state index contributed by atoms with van der Waals surface area (Å²) in [5, 5.41) is 6.49. The summed E-state index contributed by atoms with van der Waals surface area (Å²) < 4.78 is 0. The first-order valence-corrected chi connectivity index (χ1v) is 9.99. The van der Waals surface area contributed by atoms with Crippen LogP contribution in [0.2, 0.25) is 0 Å². The van der Waals surface area contributed by atoms with E-state index in [1.165, 1.54) is 29.0 Å². The van der Waals surface area contributed by atoms with Gasteiger partial charge >= 0.3 is 0 Å². The van der Waals surface area contributed by atoms with Gasteiger partial charge in [-0.15, -0.1) is 11.3 Å². The van der Waals surface area contributed by atoms with Crippen LogP contribution in [0.1, 0.15) is 62.6 Å². The van der Waals surface area contributed by atoms with E-state index in [0.29, 0.717) is 19.0 Å². The highest BCUT2D eigenvalue weighted by molar-refractivity contribution is 7.14. The van der Waals surface area contributed by atoms with Gasteiger partial charge < -0.3 is 10.6 Å². The van der Waals surface area contributed by atoms with E-state index in [9.17, 15) is 4.79 Å². The van der Waals surface area contributed by atoms with Gasteiger partial charge in [-0.1, -0.05) is 0 Å². The third-order valence-electron chi connectivity index (χ3n) is 5.07. The van der Waals surface area contributed by atoms with Crippen LogP contribution in [-0.2, 0) is 19.3 Å². The Kier molecular flexibility index (Phi) is 4.81. The van der Waals surface area contributed by atoms with Crippen molar-refractivity contribution < 1.29 is 4.79 Å². The molecule has 1 atom stereocenters. The number of carbonyl (C=O) groups excluding carboxylic acids is 1. The van der Waals surface area contributed by atoms with E-state index in [1.807, 2.05) is 6.07 Å². The summed E-state index contributed by atoms with van der Waals surface area (Å²) in [6, 6.07) is 4.44. The molecule has 2 aromatic heterocycles. The molecule has 3 heterocycles. The van der Waals surface area contributed by atoms with Gasteiger partial charge in [0.1, 0.15) is 5.82 Å². The second-order valence-corrected chi connectivity index (χ2v) is 7.98. The standard InChI is InChI=1S/C19H24N4OS/c1-12-13-4-2-5-14(13)23-18(22-12)9-11-21-19(24)17-8-7-16(25-17)15-6-3-10-20-15/h7-8,15,20H,2-6,9-11H2,1H3,(H,21,24). The van der Waals surface area contributed by atoms with Crippen LogP contribution >= 0.6 is 11.3 Å². The van der Waals surface area contributed by atoms with Gasteiger partial charge in [-0.2, -0.15) is 0 Å². The Labute approximate surface area is 152 Å². The van der Waals surface area contributed by atoms with Crippen molar-refractivity contribution in [3.05, 3.63) is 44.7 Å². The largest absolute Gasteiger partial charge is 0.351 e. The van der Waals surface area contributed by atoms with E-state index in [0.717, 1.165) is 42.2 Å². The van der Waals surface area contributed by atoms with Crippen molar-refractivity contribution in [2.45, 2.75) is 51.5 Å². The lowest BCUT2D eigenvalue weighted by Gasteiger charge is -2.08. The van der Waals surface area contributed by atoms with Crippen LogP contribution in [0.4, 0.5) is 0 Å². The molecule has 0 saturated carbocycles. The topological polar surface area (TPSA) is 66.9 Å². The first kappa shape index (κ1) is 16.7. The molecule has 0 spiro atoms. The van der Waals surface area contributed by atoms with E-state index in [2.05, 4.69) is 33.6 Å². The SMILES string of the molecule is Cc1nc(CCNC(=O)c2ccc(C3CCCN3)s2)nc2c1CCC2. The van der Waals surface area contributed by atoms with Crippen molar-refractivity contribution in [2.24, 2.45) is 0 Å². The smallest absolute Gasteiger partial charge is 0.261 e. The summed E-state index contributed by atoms with van der Waals surface area (Å²) in [7, 11) is 0. The number of aromatic nitrogens is 2. The maximum atomic E-state index is 12.4. The van der Waals surface area contributed by atoms with Gasteiger partial charge in [0.15, 0.2) is 0 Å². The molecule has 1 saturated heterocycles.